The zero-order valence-electron chi connectivity index (χ0n) is 11.9. The number of rotatable bonds is 4. The van der Waals surface area contributed by atoms with Gasteiger partial charge in [-0.05, 0) is 25.2 Å². The van der Waals surface area contributed by atoms with Crippen LogP contribution in [-0.4, -0.2) is 35.0 Å². The third-order valence-corrected chi connectivity index (χ3v) is 3.56. The normalized spacial score (nSPS) is 21.2. The van der Waals surface area contributed by atoms with E-state index in [2.05, 4.69) is 13.8 Å². The Kier molecular flexibility index (Phi) is 4.77. The Morgan fingerprint density at radius 2 is 2.00 bits per heavy atom. The maximum Gasteiger partial charge on any atom is 0.308 e. The minimum absolute atomic E-state index is 0.0992. The second-order valence-electron chi connectivity index (χ2n) is 6.41. The number of amides is 1. The zero-order chi connectivity index (χ0) is 13.9. The van der Waals surface area contributed by atoms with Gasteiger partial charge in [-0.3, -0.25) is 9.59 Å². The van der Waals surface area contributed by atoms with Gasteiger partial charge in [0.15, 0.2) is 0 Å². The second kappa shape index (κ2) is 5.72. The van der Waals surface area contributed by atoms with E-state index in [4.69, 9.17) is 5.11 Å². The van der Waals surface area contributed by atoms with Gasteiger partial charge in [-0.15, -0.1) is 0 Å². The van der Waals surface area contributed by atoms with E-state index in [0.717, 1.165) is 12.8 Å². The van der Waals surface area contributed by atoms with Crippen molar-refractivity contribution in [3.05, 3.63) is 0 Å². The van der Waals surface area contributed by atoms with Gasteiger partial charge in [0.25, 0.3) is 0 Å². The van der Waals surface area contributed by atoms with Crippen molar-refractivity contribution in [1.82, 2.24) is 4.90 Å². The van der Waals surface area contributed by atoms with Crippen LogP contribution >= 0.6 is 0 Å². The van der Waals surface area contributed by atoms with Crippen molar-refractivity contribution in [2.45, 2.75) is 47.0 Å². The number of hydrogen-bond donors (Lipinski definition) is 1. The van der Waals surface area contributed by atoms with Crippen LogP contribution in [0, 0.1) is 17.3 Å². The van der Waals surface area contributed by atoms with E-state index in [1.165, 1.54) is 0 Å². The number of carbonyl (C=O) groups is 2. The first-order valence-electron chi connectivity index (χ1n) is 6.76. The quantitative estimate of drug-likeness (QED) is 0.839. The number of aliphatic carboxylic acids is 1. The average Bonchev–Trinajstić information content (AvgIpc) is 2.26. The lowest BCUT2D eigenvalue weighted by atomic mass is 9.82. The minimum atomic E-state index is -0.783. The maximum absolute atomic E-state index is 12.5. The van der Waals surface area contributed by atoms with Crippen LogP contribution in [0.2, 0.25) is 0 Å². The second-order valence-corrected chi connectivity index (χ2v) is 6.41. The highest BCUT2D eigenvalue weighted by Gasteiger charge is 2.36. The van der Waals surface area contributed by atoms with E-state index >= 15 is 0 Å². The Morgan fingerprint density at radius 1 is 1.39 bits per heavy atom. The molecule has 1 fully saturated rings. The zero-order valence-corrected chi connectivity index (χ0v) is 11.9. The lowest BCUT2D eigenvalue weighted by Gasteiger charge is -2.37. The molecule has 1 rings (SSSR count). The summed E-state index contributed by atoms with van der Waals surface area (Å²) in [4.78, 5) is 25.2. The number of carboxylic acid groups (broad SMARTS) is 1. The fourth-order valence-corrected chi connectivity index (χ4v) is 2.90. The molecule has 0 aromatic carbocycles. The highest BCUT2D eigenvalue weighted by molar-refractivity contribution is 5.83. The molecule has 104 valence electrons. The fourth-order valence-electron chi connectivity index (χ4n) is 2.90. The Labute approximate surface area is 109 Å². The van der Waals surface area contributed by atoms with Crippen molar-refractivity contribution in [1.29, 1.82) is 0 Å². The Hall–Kier alpha value is -1.06. The monoisotopic (exact) mass is 255 g/mol. The minimum Gasteiger partial charge on any atom is -0.481 e. The molecule has 1 N–H and O–H groups in total. The molecule has 1 amide bonds. The Balaban J connectivity index is 2.68. The Bertz CT molecular complexity index is 323. The number of nitrogens with zero attached hydrogens (tertiary/aromatic N) is 1. The molecular weight excluding hydrogens is 230 g/mol. The molecule has 0 spiro atoms. The topological polar surface area (TPSA) is 57.6 Å². The molecule has 0 aromatic rings. The van der Waals surface area contributed by atoms with Gasteiger partial charge >= 0.3 is 5.97 Å². The van der Waals surface area contributed by atoms with Crippen LogP contribution in [0.4, 0.5) is 0 Å². The molecule has 1 saturated heterocycles. The molecule has 0 bridgehead atoms. The van der Waals surface area contributed by atoms with Crippen LogP contribution in [0.25, 0.3) is 0 Å². The van der Waals surface area contributed by atoms with Gasteiger partial charge in [-0.2, -0.15) is 0 Å². The van der Waals surface area contributed by atoms with Crippen LogP contribution in [-0.2, 0) is 9.59 Å². The number of piperidine rings is 1. The van der Waals surface area contributed by atoms with Crippen LogP contribution < -0.4 is 0 Å². The molecule has 0 aromatic heterocycles. The lowest BCUT2D eigenvalue weighted by Crippen LogP contribution is -2.47. The summed E-state index contributed by atoms with van der Waals surface area (Å²) < 4.78 is 0. The van der Waals surface area contributed by atoms with Gasteiger partial charge < -0.3 is 10.0 Å². The SMILES string of the molecule is CC(C)CC(C)(C)C(=O)N1CCC[C@H](C(=O)O)C1. The summed E-state index contributed by atoms with van der Waals surface area (Å²) in [6, 6.07) is 0. The number of likely N-dealkylation sites (tertiary alicyclic amines) is 1. The molecule has 4 nitrogen and oxygen atoms in total. The molecule has 18 heavy (non-hydrogen) atoms. The third kappa shape index (κ3) is 3.72. The highest BCUT2D eigenvalue weighted by atomic mass is 16.4. The molecule has 1 aliphatic heterocycles. The molecule has 1 atom stereocenters. The van der Waals surface area contributed by atoms with Crippen LogP contribution in [0.5, 0.6) is 0 Å². The maximum atomic E-state index is 12.5. The predicted molar refractivity (Wildman–Crippen MR) is 70.2 cm³/mol. The van der Waals surface area contributed by atoms with Crippen molar-refractivity contribution >= 4 is 11.9 Å². The standard InChI is InChI=1S/C14H25NO3/c1-10(2)8-14(3,4)13(18)15-7-5-6-11(9-15)12(16)17/h10-11H,5-9H2,1-4H3,(H,16,17)/t11-/m0/s1. The number of carbonyl (C=O) groups excluding carboxylic acids is 1. The largest absolute Gasteiger partial charge is 0.481 e. The Morgan fingerprint density at radius 3 is 2.50 bits per heavy atom. The average molecular weight is 255 g/mol. The van der Waals surface area contributed by atoms with Crippen molar-refractivity contribution in [3.63, 3.8) is 0 Å². The molecule has 1 heterocycles. The third-order valence-electron chi connectivity index (χ3n) is 3.56. The van der Waals surface area contributed by atoms with Crippen molar-refractivity contribution in [3.8, 4) is 0 Å². The van der Waals surface area contributed by atoms with Crippen LogP contribution in [0.1, 0.15) is 47.0 Å². The predicted octanol–water partition coefficient (Wildman–Crippen LogP) is 2.38. The van der Waals surface area contributed by atoms with Crippen LogP contribution in [0.15, 0.2) is 0 Å². The molecule has 0 radical (unpaired) electrons. The first kappa shape index (κ1) is 15.0. The smallest absolute Gasteiger partial charge is 0.308 e. The summed E-state index contributed by atoms with van der Waals surface area (Å²) in [5.41, 5.74) is -0.394. The summed E-state index contributed by atoms with van der Waals surface area (Å²) in [6.45, 7) is 9.19. The van der Waals surface area contributed by atoms with Crippen molar-refractivity contribution in [2.24, 2.45) is 17.3 Å². The van der Waals surface area contributed by atoms with Gasteiger partial charge in [-0.25, -0.2) is 0 Å². The van der Waals surface area contributed by atoms with E-state index in [0.29, 0.717) is 25.4 Å². The molecular formula is C14H25NO3. The molecule has 0 unspecified atom stereocenters. The van der Waals surface area contributed by atoms with Gasteiger partial charge in [0.2, 0.25) is 5.91 Å². The molecule has 4 heteroatoms. The summed E-state index contributed by atoms with van der Waals surface area (Å²) in [5.74, 6) is -0.613. The summed E-state index contributed by atoms with van der Waals surface area (Å²) >= 11 is 0. The van der Waals surface area contributed by atoms with E-state index in [1.807, 2.05) is 13.8 Å². The molecule has 0 saturated carbocycles. The van der Waals surface area contributed by atoms with Crippen LogP contribution in [0.3, 0.4) is 0 Å². The van der Waals surface area contributed by atoms with E-state index in [1.54, 1.807) is 4.90 Å². The van der Waals surface area contributed by atoms with Crippen molar-refractivity contribution in [2.75, 3.05) is 13.1 Å². The fraction of sp³-hybridized carbons (Fsp3) is 0.857. The summed E-state index contributed by atoms with van der Waals surface area (Å²) in [6.07, 6.45) is 2.31. The summed E-state index contributed by atoms with van der Waals surface area (Å²) in [5, 5.41) is 9.05. The number of hydrogen-bond acceptors (Lipinski definition) is 2. The highest BCUT2D eigenvalue weighted by Crippen LogP contribution is 2.30. The van der Waals surface area contributed by atoms with E-state index in [-0.39, 0.29) is 5.91 Å². The number of carboxylic acids is 1. The molecule has 1 aliphatic rings. The van der Waals surface area contributed by atoms with Crippen molar-refractivity contribution < 1.29 is 14.7 Å². The first-order chi connectivity index (χ1) is 8.24. The lowest BCUT2D eigenvalue weighted by molar-refractivity contribution is -0.149. The van der Waals surface area contributed by atoms with E-state index in [9.17, 15) is 9.59 Å². The first-order valence-corrected chi connectivity index (χ1v) is 6.76. The van der Waals surface area contributed by atoms with Gasteiger partial charge in [0.05, 0.1) is 5.92 Å². The van der Waals surface area contributed by atoms with Gasteiger partial charge in [0.1, 0.15) is 0 Å². The van der Waals surface area contributed by atoms with Gasteiger partial charge in [0, 0.05) is 18.5 Å². The summed E-state index contributed by atoms with van der Waals surface area (Å²) in [7, 11) is 0. The van der Waals surface area contributed by atoms with E-state index < -0.39 is 17.3 Å². The van der Waals surface area contributed by atoms with Gasteiger partial charge in [-0.1, -0.05) is 27.7 Å². The molecule has 0 aliphatic carbocycles.